The van der Waals surface area contributed by atoms with Crippen molar-refractivity contribution in [1.29, 1.82) is 0 Å². The topological polar surface area (TPSA) is 125 Å². The van der Waals surface area contributed by atoms with Crippen molar-refractivity contribution in [2.24, 2.45) is 0 Å². The molecular formula is C26H31F3N4O6S3. The molecule has 4 rings (SSSR count). The van der Waals surface area contributed by atoms with Gasteiger partial charge in [-0.1, -0.05) is 18.2 Å². The van der Waals surface area contributed by atoms with Crippen LogP contribution in [0, 0.1) is 0 Å². The number of alkyl halides is 3. The number of likely N-dealkylation sites (N-methyl/N-ethyl adjacent to an activating group) is 1. The van der Waals surface area contributed by atoms with E-state index in [1.807, 2.05) is 37.4 Å². The number of benzene rings is 1. The largest absolute Gasteiger partial charge is 0.490 e. The number of aliphatic carboxylic acids is 1. The first-order valence-electron chi connectivity index (χ1n) is 12.6. The Morgan fingerprint density at radius 1 is 1.17 bits per heavy atom. The minimum absolute atomic E-state index is 0.219. The van der Waals surface area contributed by atoms with Gasteiger partial charge in [0, 0.05) is 43.3 Å². The van der Waals surface area contributed by atoms with Crippen LogP contribution in [-0.2, 0) is 30.8 Å². The van der Waals surface area contributed by atoms with E-state index < -0.39 is 22.2 Å². The predicted molar refractivity (Wildman–Crippen MR) is 157 cm³/mol. The van der Waals surface area contributed by atoms with Gasteiger partial charge >= 0.3 is 12.1 Å². The molecule has 0 radical (unpaired) electrons. The van der Waals surface area contributed by atoms with Crippen molar-refractivity contribution >= 4 is 55.3 Å². The molecule has 2 N–H and O–H groups in total. The molecule has 4 aromatic rings. The number of hydrogen-bond donors (Lipinski definition) is 2. The summed E-state index contributed by atoms with van der Waals surface area (Å²) in [6, 6.07) is 11.1. The van der Waals surface area contributed by atoms with Gasteiger partial charge in [0.25, 0.3) is 10.0 Å². The van der Waals surface area contributed by atoms with E-state index in [1.54, 1.807) is 36.0 Å². The average Bonchev–Trinajstić information content (AvgIpc) is 3.70. The van der Waals surface area contributed by atoms with Crippen LogP contribution >= 0.6 is 22.7 Å². The first-order chi connectivity index (χ1) is 19.9. The summed E-state index contributed by atoms with van der Waals surface area (Å²) in [5.74, 6) is -2.76. The standard InChI is InChI=1S/C24H30N4O4S3.C2HF3O2/c1-4-32-13-11-28(35(29,30)22-9-6-14-33-22)21-8-5-7-18-15-20(26-23(18)21)24-25-16-19(34-24)17-27(2)10-12-31-3;3-2(4,5)1(6)7/h5-9,14-16,26H,4,10-13,17H2,1-3H3;(H,6,7). The zero-order valence-electron chi connectivity index (χ0n) is 23.1. The molecular weight excluding hydrogens is 618 g/mol. The van der Waals surface area contributed by atoms with Gasteiger partial charge in [-0.2, -0.15) is 13.2 Å². The second kappa shape index (κ2) is 14.9. The Kier molecular flexibility index (Phi) is 11.9. The summed E-state index contributed by atoms with van der Waals surface area (Å²) in [5.41, 5.74) is 2.22. The van der Waals surface area contributed by atoms with Crippen molar-refractivity contribution in [3.05, 3.63) is 52.9 Å². The molecule has 0 saturated carbocycles. The molecule has 0 aliphatic carbocycles. The van der Waals surface area contributed by atoms with Crippen molar-refractivity contribution in [3.63, 3.8) is 0 Å². The molecule has 0 atom stereocenters. The van der Waals surface area contributed by atoms with Crippen LogP contribution in [0.4, 0.5) is 18.9 Å². The number of aromatic nitrogens is 2. The number of anilines is 1. The Morgan fingerprint density at radius 2 is 1.90 bits per heavy atom. The summed E-state index contributed by atoms with van der Waals surface area (Å²) in [4.78, 5) is 20.3. The van der Waals surface area contributed by atoms with E-state index in [0.717, 1.165) is 39.6 Å². The number of methoxy groups -OCH3 is 1. The highest BCUT2D eigenvalue weighted by molar-refractivity contribution is 7.94. The maximum Gasteiger partial charge on any atom is 0.490 e. The molecule has 10 nitrogen and oxygen atoms in total. The zero-order valence-corrected chi connectivity index (χ0v) is 25.5. The van der Waals surface area contributed by atoms with Crippen molar-refractivity contribution in [3.8, 4) is 10.7 Å². The van der Waals surface area contributed by atoms with Crippen molar-refractivity contribution in [1.82, 2.24) is 14.9 Å². The lowest BCUT2D eigenvalue weighted by Crippen LogP contribution is -2.34. The number of nitrogens with one attached hydrogen (secondary N) is 1. The fourth-order valence-electron chi connectivity index (χ4n) is 3.74. The molecule has 42 heavy (non-hydrogen) atoms. The smallest absolute Gasteiger partial charge is 0.475 e. The van der Waals surface area contributed by atoms with Crippen LogP contribution in [-0.4, -0.2) is 87.6 Å². The number of halogens is 3. The highest BCUT2D eigenvalue weighted by Gasteiger charge is 2.38. The molecule has 16 heteroatoms. The molecule has 230 valence electrons. The SMILES string of the molecule is CCOCCN(c1cccc2cc(-c3ncc(CN(C)CCOC)s3)[nH]c12)S(=O)(=O)c1cccs1.O=C(O)C(F)(F)F. The number of sulfonamides is 1. The van der Waals surface area contributed by atoms with Gasteiger partial charge in [-0.05, 0) is 37.6 Å². The molecule has 0 fully saturated rings. The third-order valence-corrected chi connectivity index (χ3v) is 9.92. The third kappa shape index (κ3) is 8.75. The minimum Gasteiger partial charge on any atom is -0.475 e. The number of H-pyrrole nitrogens is 1. The van der Waals surface area contributed by atoms with Crippen LogP contribution in [0.1, 0.15) is 11.8 Å². The number of aromatic amines is 1. The lowest BCUT2D eigenvalue weighted by atomic mass is 10.2. The summed E-state index contributed by atoms with van der Waals surface area (Å²) < 4.78 is 71.2. The molecule has 0 spiro atoms. The van der Waals surface area contributed by atoms with E-state index in [-0.39, 0.29) is 6.54 Å². The summed E-state index contributed by atoms with van der Waals surface area (Å²) in [6.45, 7) is 5.26. The van der Waals surface area contributed by atoms with Gasteiger partial charge in [-0.3, -0.25) is 9.21 Å². The second-order valence-corrected chi connectivity index (χ2v) is 12.9. The monoisotopic (exact) mass is 648 g/mol. The average molecular weight is 649 g/mol. The number of ether oxygens (including phenoxy) is 2. The lowest BCUT2D eigenvalue weighted by molar-refractivity contribution is -0.192. The maximum atomic E-state index is 13.5. The van der Waals surface area contributed by atoms with Gasteiger partial charge in [0.1, 0.15) is 9.22 Å². The van der Waals surface area contributed by atoms with E-state index in [2.05, 4.69) is 21.9 Å². The fourth-order valence-corrected chi connectivity index (χ4v) is 7.27. The molecule has 3 aromatic heterocycles. The minimum atomic E-state index is -5.08. The lowest BCUT2D eigenvalue weighted by Gasteiger charge is -2.24. The molecule has 0 amide bonds. The highest BCUT2D eigenvalue weighted by Crippen LogP contribution is 2.35. The summed E-state index contributed by atoms with van der Waals surface area (Å²) in [5, 5.41) is 10.7. The zero-order chi connectivity index (χ0) is 30.9. The third-order valence-electron chi connectivity index (χ3n) is 5.71. The molecule has 0 saturated heterocycles. The fraction of sp³-hybridized carbons (Fsp3) is 0.385. The van der Waals surface area contributed by atoms with Gasteiger partial charge in [-0.15, -0.1) is 22.7 Å². The number of fused-ring (bicyclic) bond motifs is 1. The molecule has 0 unspecified atom stereocenters. The van der Waals surface area contributed by atoms with Crippen molar-refractivity contribution in [2.45, 2.75) is 23.9 Å². The first-order valence-corrected chi connectivity index (χ1v) is 15.7. The Bertz CT molecular complexity index is 1540. The van der Waals surface area contributed by atoms with Crippen LogP contribution in [0.5, 0.6) is 0 Å². The van der Waals surface area contributed by atoms with E-state index in [4.69, 9.17) is 19.4 Å². The number of rotatable bonds is 13. The number of para-hydroxylation sites is 1. The van der Waals surface area contributed by atoms with Gasteiger partial charge < -0.3 is 19.6 Å². The molecule has 1 aromatic carbocycles. The number of carboxylic acid groups (broad SMARTS) is 1. The van der Waals surface area contributed by atoms with Crippen LogP contribution in [0.25, 0.3) is 21.6 Å². The highest BCUT2D eigenvalue weighted by atomic mass is 32.2. The predicted octanol–water partition coefficient (Wildman–Crippen LogP) is 5.30. The quantitative estimate of drug-likeness (QED) is 0.187. The Hall–Kier alpha value is -3.02. The second-order valence-electron chi connectivity index (χ2n) is 8.80. The Labute approximate surface area is 249 Å². The molecule has 0 bridgehead atoms. The van der Waals surface area contributed by atoms with Gasteiger partial charge in [0.2, 0.25) is 0 Å². The number of carboxylic acids is 1. The number of thiophene rings is 1. The van der Waals surface area contributed by atoms with Crippen LogP contribution < -0.4 is 4.31 Å². The number of thiazole rings is 1. The van der Waals surface area contributed by atoms with Crippen LogP contribution in [0.3, 0.4) is 0 Å². The summed E-state index contributed by atoms with van der Waals surface area (Å²) in [7, 11) is 0.0228. The van der Waals surface area contributed by atoms with E-state index in [1.165, 1.54) is 15.6 Å². The van der Waals surface area contributed by atoms with Gasteiger partial charge in [0.15, 0.2) is 0 Å². The molecule has 0 aliphatic heterocycles. The molecule has 0 aliphatic rings. The maximum absolute atomic E-state index is 13.5. The van der Waals surface area contributed by atoms with Crippen LogP contribution in [0.2, 0.25) is 0 Å². The van der Waals surface area contributed by atoms with Gasteiger partial charge in [0.05, 0.1) is 36.7 Å². The molecule has 3 heterocycles. The summed E-state index contributed by atoms with van der Waals surface area (Å²) >= 11 is 2.83. The van der Waals surface area contributed by atoms with Crippen molar-refractivity contribution < 1.29 is 41.0 Å². The van der Waals surface area contributed by atoms with E-state index >= 15 is 0 Å². The normalized spacial score (nSPS) is 12.0. The number of hydrogen-bond acceptors (Lipinski definition) is 9. The van der Waals surface area contributed by atoms with E-state index in [0.29, 0.717) is 29.7 Å². The van der Waals surface area contributed by atoms with Gasteiger partial charge in [-0.25, -0.2) is 18.2 Å². The Morgan fingerprint density at radius 3 is 2.52 bits per heavy atom. The summed E-state index contributed by atoms with van der Waals surface area (Å²) in [6.07, 6.45) is -3.19. The van der Waals surface area contributed by atoms with Crippen molar-refractivity contribution in [2.75, 3.05) is 51.4 Å². The first kappa shape index (κ1) is 33.5. The van der Waals surface area contributed by atoms with Crippen LogP contribution in [0.15, 0.2) is 52.2 Å². The number of nitrogens with zero attached hydrogens (tertiary/aromatic N) is 3. The Balaban J connectivity index is 0.000000616. The number of carbonyl (C=O) groups is 1. The van der Waals surface area contributed by atoms with E-state index in [9.17, 15) is 21.6 Å².